The van der Waals surface area contributed by atoms with Gasteiger partial charge in [-0.2, -0.15) is 0 Å². The molecule has 104 valence electrons. The first-order chi connectivity index (χ1) is 9.20. The standard InChI is InChI=1S/C14H20ClN3O/c1-2-11-6-3-4-9-18(11)10-13(19)17-12-7-5-8-16-14(12)15/h5,7-8,11H,2-4,6,9-10H2,1H3,(H,17,19). The molecule has 0 aromatic carbocycles. The van der Waals surface area contributed by atoms with Gasteiger partial charge in [0.25, 0.3) is 0 Å². The van der Waals surface area contributed by atoms with Crippen LogP contribution in [0.25, 0.3) is 0 Å². The number of aromatic nitrogens is 1. The number of likely N-dealkylation sites (tertiary alicyclic amines) is 1. The number of anilines is 1. The van der Waals surface area contributed by atoms with Crippen molar-refractivity contribution in [3.8, 4) is 0 Å². The molecule has 1 unspecified atom stereocenters. The number of hydrogen-bond donors (Lipinski definition) is 1. The second-order valence-electron chi connectivity index (χ2n) is 4.92. The molecule has 2 heterocycles. The number of hydrogen-bond acceptors (Lipinski definition) is 3. The zero-order valence-electron chi connectivity index (χ0n) is 11.2. The summed E-state index contributed by atoms with van der Waals surface area (Å²) in [5.41, 5.74) is 0.583. The highest BCUT2D eigenvalue weighted by atomic mass is 35.5. The first-order valence-electron chi connectivity index (χ1n) is 6.85. The number of halogens is 1. The summed E-state index contributed by atoms with van der Waals surface area (Å²) in [5, 5.41) is 3.16. The number of carbonyl (C=O) groups excluding carboxylic acids is 1. The van der Waals surface area contributed by atoms with Gasteiger partial charge in [0.15, 0.2) is 5.15 Å². The molecule has 0 aliphatic carbocycles. The molecule has 1 atom stereocenters. The summed E-state index contributed by atoms with van der Waals surface area (Å²) in [6.07, 6.45) is 6.34. The average molecular weight is 282 g/mol. The maximum Gasteiger partial charge on any atom is 0.238 e. The molecule has 1 aromatic heterocycles. The van der Waals surface area contributed by atoms with E-state index in [1.54, 1.807) is 18.3 Å². The smallest absolute Gasteiger partial charge is 0.238 e. The van der Waals surface area contributed by atoms with E-state index in [9.17, 15) is 4.79 Å². The lowest BCUT2D eigenvalue weighted by atomic mass is 10.0. The fourth-order valence-corrected chi connectivity index (χ4v) is 2.75. The van der Waals surface area contributed by atoms with Crippen LogP contribution < -0.4 is 5.32 Å². The Morgan fingerprint density at radius 3 is 3.16 bits per heavy atom. The Balaban J connectivity index is 1.92. The van der Waals surface area contributed by atoms with Gasteiger partial charge in [-0.1, -0.05) is 24.9 Å². The summed E-state index contributed by atoms with van der Waals surface area (Å²) in [5.74, 6) is -0.0183. The van der Waals surface area contributed by atoms with E-state index in [-0.39, 0.29) is 5.91 Å². The van der Waals surface area contributed by atoms with Crippen LogP contribution in [-0.2, 0) is 4.79 Å². The van der Waals surface area contributed by atoms with Crippen molar-refractivity contribution in [2.24, 2.45) is 0 Å². The lowest BCUT2D eigenvalue weighted by Crippen LogP contribution is -2.43. The minimum Gasteiger partial charge on any atom is -0.322 e. The minimum atomic E-state index is -0.0183. The molecule has 1 N–H and O–H groups in total. The molecule has 0 radical (unpaired) electrons. The molecule has 19 heavy (non-hydrogen) atoms. The highest BCUT2D eigenvalue weighted by molar-refractivity contribution is 6.32. The summed E-state index contributed by atoms with van der Waals surface area (Å²) >= 11 is 5.93. The second kappa shape index (κ2) is 6.87. The van der Waals surface area contributed by atoms with Crippen molar-refractivity contribution in [3.63, 3.8) is 0 Å². The summed E-state index contributed by atoms with van der Waals surface area (Å²) in [4.78, 5) is 18.3. The Bertz CT molecular complexity index is 438. The first kappa shape index (κ1) is 14.3. The molecule has 1 amide bonds. The van der Waals surface area contributed by atoms with Crippen LogP contribution in [0.1, 0.15) is 32.6 Å². The number of carbonyl (C=O) groups is 1. The largest absolute Gasteiger partial charge is 0.322 e. The van der Waals surface area contributed by atoms with E-state index in [1.165, 1.54) is 19.3 Å². The molecular formula is C14H20ClN3O. The molecule has 1 aromatic rings. The highest BCUT2D eigenvalue weighted by Crippen LogP contribution is 2.20. The van der Waals surface area contributed by atoms with Gasteiger partial charge in [-0.15, -0.1) is 0 Å². The van der Waals surface area contributed by atoms with Crippen molar-refractivity contribution < 1.29 is 4.79 Å². The zero-order chi connectivity index (χ0) is 13.7. The van der Waals surface area contributed by atoms with Crippen molar-refractivity contribution in [1.82, 2.24) is 9.88 Å². The van der Waals surface area contributed by atoms with Gasteiger partial charge in [0.1, 0.15) is 0 Å². The monoisotopic (exact) mass is 281 g/mol. The topological polar surface area (TPSA) is 45.2 Å². The van der Waals surface area contributed by atoms with Gasteiger partial charge >= 0.3 is 0 Å². The maximum absolute atomic E-state index is 12.1. The van der Waals surface area contributed by atoms with Crippen LogP contribution in [0.5, 0.6) is 0 Å². The molecule has 0 spiro atoms. The number of amides is 1. The lowest BCUT2D eigenvalue weighted by Gasteiger charge is -2.34. The molecule has 1 fully saturated rings. The molecule has 0 bridgehead atoms. The Hall–Kier alpha value is -1.13. The van der Waals surface area contributed by atoms with Crippen molar-refractivity contribution in [1.29, 1.82) is 0 Å². The fourth-order valence-electron chi connectivity index (χ4n) is 2.58. The SMILES string of the molecule is CCC1CCCCN1CC(=O)Nc1cccnc1Cl. The molecule has 0 saturated carbocycles. The maximum atomic E-state index is 12.1. The van der Waals surface area contributed by atoms with E-state index in [2.05, 4.69) is 22.1 Å². The third kappa shape index (κ3) is 3.91. The molecule has 2 rings (SSSR count). The quantitative estimate of drug-likeness (QED) is 0.863. The normalized spacial score (nSPS) is 20.2. The summed E-state index contributed by atoms with van der Waals surface area (Å²) in [6.45, 7) is 3.62. The fraction of sp³-hybridized carbons (Fsp3) is 0.571. The van der Waals surface area contributed by atoms with Crippen LogP contribution >= 0.6 is 11.6 Å². The van der Waals surface area contributed by atoms with Gasteiger partial charge < -0.3 is 5.32 Å². The molecular weight excluding hydrogens is 262 g/mol. The van der Waals surface area contributed by atoms with Crippen LogP contribution in [0.2, 0.25) is 5.15 Å². The van der Waals surface area contributed by atoms with E-state index in [1.807, 2.05) is 0 Å². The van der Waals surface area contributed by atoms with E-state index >= 15 is 0 Å². The number of piperidine rings is 1. The third-order valence-electron chi connectivity index (χ3n) is 3.60. The van der Waals surface area contributed by atoms with Gasteiger partial charge in [-0.3, -0.25) is 9.69 Å². The minimum absolute atomic E-state index is 0.0183. The predicted octanol–water partition coefficient (Wildman–Crippen LogP) is 2.94. The highest BCUT2D eigenvalue weighted by Gasteiger charge is 2.22. The molecule has 1 saturated heterocycles. The Morgan fingerprint density at radius 1 is 1.58 bits per heavy atom. The van der Waals surface area contributed by atoms with Gasteiger partial charge in [-0.05, 0) is 37.9 Å². The second-order valence-corrected chi connectivity index (χ2v) is 5.28. The number of rotatable bonds is 4. The van der Waals surface area contributed by atoms with E-state index in [4.69, 9.17) is 11.6 Å². The summed E-state index contributed by atoms with van der Waals surface area (Å²) in [7, 11) is 0. The van der Waals surface area contributed by atoms with Crippen LogP contribution in [0, 0.1) is 0 Å². The number of nitrogens with one attached hydrogen (secondary N) is 1. The van der Waals surface area contributed by atoms with E-state index < -0.39 is 0 Å². The number of pyridine rings is 1. The van der Waals surface area contributed by atoms with Gasteiger partial charge in [0.05, 0.1) is 12.2 Å². The molecule has 5 heteroatoms. The molecule has 1 aliphatic heterocycles. The van der Waals surface area contributed by atoms with Gasteiger partial charge in [-0.25, -0.2) is 4.98 Å². The van der Waals surface area contributed by atoms with E-state index in [0.29, 0.717) is 23.4 Å². The molecule has 1 aliphatic rings. The third-order valence-corrected chi connectivity index (χ3v) is 3.90. The van der Waals surface area contributed by atoms with Crippen LogP contribution in [-0.4, -0.2) is 34.9 Å². The van der Waals surface area contributed by atoms with Crippen molar-refractivity contribution in [3.05, 3.63) is 23.5 Å². The average Bonchev–Trinajstić information content (AvgIpc) is 2.42. The van der Waals surface area contributed by atoms with Crippen molar-refractivity contribution >= 4 is 23.2 Å². The van der Waals surface area contributed by atoms with Gasteiger partial charge in [0, 0.05) is 12.2 Å². The van der Waals surface area contributed by atoms with Crippen LogP contribution in [0.3, 0.4) is 0 Å². The van der Waals surface area contributed by atoms with Gasteiger partial charge in [0.2, 0.25) is 5.91 Å². The van der Waals surface area contributed by atoms with Crippen molar-refractivity contribution in [2.45, 2.75) is 38.6 Å². The predicted molar refractivity (Wildman–Crippen MR) is 77.4 cm³/mol. The molecule has 4 nitrogen and oxygen atoms in total. The van der Waals surface area contributed by atoms with E-state index in [0.717, 1.165) is 13.0 Å². The van der Waals surface area contributed by atoms with Crippen molar-refractivity contribution in [2.75, 3.05) is 18.4 Å². The summed E-state index contributed by atoms with van der Waals surface area (Å²) in [6, 6.07) is 4.06. The Kier molecular flexibility index (Phi) is 5.16. The number of nitrogens with zero attached hydrogens (tertiary/aromatic N) is 2. The first-order valence-corrected chi connectivity index (χ1v) is 7.23. The van der Waals surface area contributed by atoms with Crippen LogP contribution in [0.4, 0.5) is 5.69 Å². The van der Waals surface area contributed by atoms with Crippen LogP contribution in [0.15, 0.2) is 18.3 Å². The lowest BCUT2D eigenvalue weighted by molar-refractivity contribution is -0.118. The Morgan fingerprint density at radius 2 is 2.42 bits per heavy atom. The summed E-state index contributed by atoms with van der Waals surface area (Å²) < 4.78 is 0. The Labute approximate surface area is 119 Å². The zero-order valence-corrected chi connectivity index (χ0v) is 12.0.